The number of methoxy groups -OCH3 is 1. The first kappa shape index (κ1) is 13.7. The van der Waals surface area contributed by atoms with E-state index >= 15 is 0 Å². The van der Waals surface area contributed by atoms with E-state index in [1.807, 2.05) is 25.1 Å². The van der Waals surface area contributed by atoms with Crippen LogP contribution in [0.3, 0.4) is 0 Å². The number of aromatic nitrogens is 3. The lowest BCUT2D eigenvalue weighted by atomic mass is 9.93. The maximum Gasteiger partial charge on any atom is 0.232 e. The standard InChI is InChI=1S/C16H16FN3O/c1-11-14(12-5-8-18-9-6-12)15(20-19-11)13-4-3-7-16(17,10-13)21-2/h3-9H,10H2,1-2H3,(H,19,20). The molecule has 0 aromatic carbocycles. The summed E-state index contributed by atoms with van der Waals surface area (Å²) in [6.45, 7) is 1.95. The van der Waals surface area contributed by atoms with Crippen LogP contribution in [-0.4, -0.2) is 28.1 Å². The number of aromatic amines is 1. The second kappa shape index (κ2) is 5.26. The van der Waals surface area contributed by atoms with Crippen LogP contribution in [0.4, 0.5) is 4.39 Å². The van der Waals surface area contributed by atoms with E-state index < -0.39 is 5.85 Å². The van der Waals surface area contributed by atoms with Crippen LogP contribution in [0.15, 0.2) is 42.8 Å². The SMILES string of the molecule is COC1(F)C=CC=C(c2n[nH]c(C)c2-c2ccncc2)C1. The van der Waals surface area contributed by atoms with Crippen molar-refractivity contribution in [1.29, 1.82) is 0 Å². The first-order valence-corrected chi connectivity index (χ1v) is 6.71. The normalized spacial score (nSPS) is 21.4. The molecular weight excluding hydrogens is 269 g/mol. The van der Waals surface area contributed by atoms with Gasteiger partial charge < -0.3 is 4.74 Å². The Morgan fingerprint density at radius 2 is 2.10 bits per heavy atom. The fourth-order valence-corrected chi connectivity index (χ4v) is 2.52. The molecule has 0 fully saturated rings. The maximum atomic E-state index is 14.4. The third kappa shape index (κ3) is 2.52. The Labute approximate surface area is 122 Å². The second-order valence-corrected chi connectivity index (χ2v) is 5.03. The zero-order valence-corrected chi connectivity index (χ0v) is 11.9. The average molecular weight is 285 g/mol. The van der Waals surface area contributed by atoms with Crippen molar-refractivity contribution in [3.8, 4) is 11.1 Å². The van der Waals surface area contributed by atoms with Crippen molar-refractivity contribution in [1.82, 2.24) is 15.2 Å². The fourth-order valence-electron chi connectivity index (χ4n) is 2.52. The highest BCUT2D eigenvalue weighted by Crippen LogP contribution is 2.37. The minimum atomic E-state index is -1.77. The molecule has 2 aromatic rings. The van der Waals surface area contributed by atoms with Gasteiger partial charge in [0.15, 0.2) is 0 Å². The molecule has 108 valence electrons. The van der Waals surface area contributed by atoms with Gasteiger partial charge in [0.05, 0.1) is 5.69 Å². The number of allylic oxidation sites excluding steroid dienone is 2. The molecule has 21 heavy (non-hydrogen) atoms. The van der Waals surface area contributed by atoms with Gasteiger partial charge >= 0.3 is 0 Å². The highest BCUT2D eigenvalue weighted by Gasteiger charge is 2.31. The largest absolute Gasteiger partial charge is 0.346 e. The van der Waals surface area contributed by atoms with Crippen molar-refractivity contribution in [2.45, 2.75) is 19.2 Å². The number of aryl methyl sites for hydroxylation is 1. The Bertz CT molecular complexity index is 706. The number of alkyl halides is 1. The van der Waals surface area contributed by atoms with E-state index in [0.29, 0.717) is 0 Å². The van der Waals surface area contributed by atoms with E-state index in [-0.39, 0.29) is 6.42 Å². The second-order valence-electron chi connectivity index (χ2n) is 5.03. The van der Waals surface area contributed by atoms with Crippen molar-refractivity contribution in [2.75, 3.05) is 7.11 Å². The molecular formula is C16H16FN3O. The Hall–Kier alpha value is -2.27. The van der Waals surface area contributed by atoms with Crippen molar-refractivity contribution in [2.24, 2.45) is 0 Å². The van der Waals surface area contributed by atoms with E-state index in [0.717, 1.165) is 28.1 Å². The number of halogens is 1. The summed E-state index contributed by atoms with van der Waals surface area (Å²) in [5.41, 5.74) is 4.47. The average Bonchev–Trinajstić information content (AvgIpc) is 2.90. The van der Waals surface area contributed by atoms with Crippen molar-refractivity contribution in [3.63, 3.8) is 0 Å². The number of rotatable bonds is 3. The highest BCUT2D eigenvalue weighted by molar-refractivity contribution is 5.82. The summed E-state index contributed by atoms with van der Waals surface area (Å²) in [7, 11) is 1.37. The molecule has 0 spiro atoms. The van der Waals surface area contributed by atoms with Crippen LogP contribution in [0, 0.1) is 6.92 Å². The predicted octanol–water partition coefficient (Wildman–Crippen LogP) is 3.44. The van der Waals surface area contributed by atoms with Gasteiger partial charge in [-0.15, -0.1) is 0 Å². The van der Waals surface area contributed by atoms with E-state index in [4.69, 9.17) is 4.74 Å². The monoisotopic (exact) mass is 285 g/mol. The number of nitrogens with one attached hydrogen (secondary N) is 1. The van der Waals surface area contributed by atoms with Gasteiger partial charge in [-0.25, -0.2) is 4.39 Å². The lowest BCUT2D eigenvalue weighted by Gasteiger charge is -2.23. The van der Waals surface area contributed by atoms with Crippen molar-refractivity contribution >= 4 is 5.57 Å². The van der Waals surface area contributed by atoms with Crippen LogP contribution in [0.25, 0.3) is 16.7 Å². The van der Waals surface area contributed by atoms with Gasteiger partial charge in [-0.2, -0.15) is 5.10 Å². The quantitative estimate of drug-likeness (QED) is 0.940. The molecule has 1 aliphatic rings. The highest BCUT2D eigenvalue weighted by atomic mass is 19.2. The molecule has 5 heteroatoms. The summed E-state index contributed by atoms with van der Waals surface area (Å²) < 4.78 is 19.3. The molecule has 2 aromatic heterocycles. The molecule has 1 aliphatic carbocycles. The Kier molecular flexibility index (Phi) is 3.43. The van der Waals surface area contributed by atoms with E-state index in [2.05, 4.69) is 15.2 Å². The van der Waals surface area contributed by atoms with Crippen LogP contribution < -0.4 is 0 Å². The van der Waals surface area contributed by atoms with E-state index in [1.165, 1.54) is 13.2 Å². The summed E-state index contributed by atoms with van der Waals surface area (Å²) in [6.07, 6.45) is 8.56. The molecule has 4 nitrogen and oxygen atoms in total. The van der Waals surface area contributed by atoms with Crippen LogP contribution in [0.1, 0.15) is 17.8 Å². The molecule has 1 atom stereocenters. The predicted molar refractivity (Wildman–Crippen MR) is 79.1 cm³/mol. The maximum absolute atomic E-state index is 14.4. The Morgan fingerprint density at radius 3 is 2.81 bits per heavy atom. The molecule has 1 unspecified atom stereocenters. The van der Waals surface area contributed by atoms with Crippen LogP contribution in [-0.2, 0) is 4.74 Å². The first-order valence-electron chi connectivity index (χ1n) is 6.71. The third-order valence-electron chi connectivity index (χ3n) is 3.63. The van der Waals surface area contributed by atoms with Gasteiger partial charge in [-0.1, -0.05) is 12.2 Å². The Balaban J connectivity index is 2.06. The van der Waals surface area contributed by atoms with Crippen LogP contribution >= 0.6 is 0 Å². The molecule has 1 N–H and O–H groups in total. The lowest BCUT2D eigenvalue weighted by Crippen LogP contribution is -2.24. The zero-order chi connectivity index (χ0) is 14.9. The van der Waals surface area contributed by atoms with Gasteiger partial charge in [0.1, 0.15) is 0 Å². The molecule has 0 saturated heterocycles. The summed E-state index contributed by atoms with van der Waals surface area (Å²) in [5.74, 6) is -1.77. The number of ether oxygens (including phenoxy) is 1. The van der Waals surface area contributed by atoms with Gasteiger partial charge in [-0.05, 0) is 36.3 Å². The zero-order valence-electron chi connectivity index (χ0n) is 11.9. The van der Waals surface area contributed by atoms with Crippen molar-refractivity contribution in [3.05, 3.63) is 54.1 Å². The van der Waals surface area contributed by atoms with Crippen LogP contribution in [0.5, 0.6) is 0 Å². The van der Waals surface area contributed by atoms with E-state index in [9.17, 15) is 4.39 Å². The minimum absolute atomic E-state index is 0.141. The smallest absolute Gasteiger partial charge is 0.232 e. The van der Waals surface area contributed by atoms with E-state index in [1.54, 1.807) is 18.5 Å². The van der Waals surface area contributed by atoms with Crippen molar-refractivity contribution < 1.29 is 9.13 Å². The van der Waals surface area contributed by atoms with Gasteiger partial charge in [0.25, 0.3) is 0 Å². The topological polar surface area (TPSA) is 50.8 Å². The summed E-state index contributed by atoms with van der Waals surface area (Å²) >= 11 is 0. The lowest BCUT2D eigenvalue weighted by molar-refractivity contribution is -0.0748. The van der Waals surface area contributed by atoms with Gasteiger partial charge in [-0.3, -0.25) is 10.1 Å². The fraction of sp³-hybridized carbons (Fsp3) is 0.250. The first-order chi connectivity index (χ1) is 10.1. The Morgan fingerprint density at radius 1 is 1.33 bits per heavy atom. The molecule has 0 radical (unpaired) electrons. The molecule has 0 aliphatic heterocycles. The van der Waals surface area contributed by atoms with Crippen LogP contribution in [0.2, 0.25) is 0 Å². The minimum Gasteiger partial charge on any atom is -0.346 e. The van der Waals surface area contributed by atoms with Gasteiger partial charge in [0, 0.05) is 37.2 Å². The van der Waals surface area contributed by atoms with Gasteiger partial charge in [0.2, 0.25) is 5.85 Å². The number of pyridine rings is 1. The number of H-pyrrole nitrogens is 1. The molecule has 2 heterocycles. The molecule has 3 rings (SSSR count). The number of hydrogen-bond acceptors (Lipinski definition) is 3. The number of hydrogen-bond donors (Lipinski definition) is 1. The summed E-state index contributed by atoms with van der Waals surface area (Å²) in [5, 5.41) is 7.33. The third-order valence-corrected chi connectivity index (χ3v) is 3.63. The molecule has 0 saturated carbocycles. The molecule has 0 amide bonds. The summed E-state index contributed by atoms with van der Waals surface area (Å²) in [6, 6.07) is 3.83. The summed E-state index contributed by atoms with van der Waals surface area (Å²) in [4.78, 5) is 4.03. The molecule has 0 bridgehead atoms. The number of nitrogens with zero attached hydrogens (tertiary/aromatic N) is 2.